The molecule has 0 unspecified atom stereocenters. The van der Waals surface area contributed by atoms with E-state index in [0.717, 1.165) is 30.7 Å². The van der Waals surface area contributed by atoms with Crippen molar-refractivity contribution in [2.24, 2.45) is 0 Å². The number of aromatic nitrogens is 1. The molecule has 0 aliphatic heterocycles. The number of nitrogens with one attached hydrogen (secondary N) is 1. The van der Waals surface area contributed by atoms with Crippen LogP contribution in [-0.2, 0) is 17.8 Å². The molecule has 3 rings (SSSR count). The van der Waals surface area contributed by atoms with Crippen LogP contribution in [-0.4, -0.2) is 23.6 Å². The van der Waals surface area contributed by atoms with Crippen molar-refractivity contribution >= 4 is 16.8 Å². The first-order valence-electron chi connectivity index (χ1n) is 9.28. The van der Waals surface area contributed by atoms with E-state index in [1.165, 1.54) is 10.9 Å². The number of carbonyl (C=O) groups excluding carboxylic acids is 1. The molecule has 0 fully saturated rings. The Morgan fingerprint density at radius 1 is 1.08 bits per heavy atom. The highest BCUT2D eigenvalue weighted by molar-refractivity contribution is 5.79. The molecule has 0 aliphatic carbocycles. The smallest absolute Gasteiger partial charge is 0.220 e. The maximum absolute atomic E-state index is 12.0. The Kier molecular flexibility index (Phi) is 6.31. The molecule has 1 heterocycles. The molecule has 0 atom stereocenters. The standard InChI is InChI=1S/C22H26N2O2/c1-2-26-20-11-8-18(9-12-20)10-13-22(25)23-15-5-16-24-17-14-19-6-3-4-7-21(19)24/h3-4,6-9,11-12,14,17H,2,5,10,13,15-16H2,1H3,(H,23,25). The third-order valence-corrected chi connectivity index (χ3v) is 4.45. The van der Waals surface area contributed by atoms with E-state index >= 15 is 0 Å². The number of ether oxygens (including phenoxy) is 1. The van der Waals surface area contributed by atoms with Gasteiger partial charge in [0.1, 0.15) is 5.75 Å². The van der Waals surface area contributed by atoms with Crippen LogP contribution in [0.15, 0.2) is 60.8 Å². The molecule has 1 N–H and O–H groups in total. The number of carbonyl (C=O) groups is 1. The normalized spacial score (nSPS) is 10.8. The van der Waals surface area contributed by atoms with E-state index in [9.17, 15) is 4.79 Å². The van der Waals surface area contributed by atoms with Crippen LogP contribution in [0.1, 0.15) is 25.3 Å². The number of benzene rings is 2. The number of amides is 1. The predicted molar refractivity (Wildman–Crippen MR) is 105 cm³/mol. The molecular formula is C22H26N2O2. The lowest BCUT2D eigenvalue weighted by Gasteiger charge is -2.08. The van der Waals surface area contributed by atoms with Crippen molar-refractivity contribution < 1.29 is 9.53 Å². The first-order valence-corrected chi connectivity index (χ1v) is 9.28. The van der Waals surface area contributed by atoms with E-state index in [1.54, 1.807) is 0 Å². The minimum atomic E-state index is 0.108. The first-order chi connectivity index (χ1) is 12.8. The van der Waals surface area contributed by atoms with Gasteiger partial charge in [0.2, 0.25) is 5.91 Å². The zero-order valence-electron chi connectivity index (χ0n) is 15.3. The van der Waals surface area contributed by atoms with Gasteiger partial charge in [-0.3, -0.25) is 4.79 Å². The Morgan fingerprint density at radius 2 is 1.88 bits per heavy atom. The number of nitrogens with zero attached hydrogens (tertiary/aromatic N) is 1. The summed E-state index contributed by atoms with van der Waals surface area (Å²) in [6.07, 6.45) is 4.30. The van der Waals surface area contributed by atoms with Crippen molar-refractivity contribution in [1.82, 2.24) is 9.88 Å². The number of hydrogen-bond donors (Lipinski definition) is 1. The topological polar surface area (TPSA) is 43.3 Å². The van der Waals surface area contributed by atoms with Gasteiger partial charge in [0.25, 0.3) is 0 Å². The van der Waals surface area contributed by atoms with Crippen LogP contribution in [0.5, 0.6) is 5.75 Å². The minimum Gasteiger partial charge on any atom is -0.494 e. The molecule has 0 saturated carbocycles. The van der Waals surface area contributed by atoms with E-state index in [4.69, 9.17) is 4.74 Å². The summed E-state index contributed by atoms with van der Waals surface area (Å²) in [5.41, 5.74) is 2.40. The molecular weight excluding hydrogens is 324 g/mol. The third kappa shape index (κ3) is 4.88. The Labute approximate surface area is 154 Å². The Balaban J connectivity index is 1.36. The molecule has 4 nitrogen and oxygen atoms in total. The molecule has 26 heavy (non-hydrogen) atoms. The fourth-order valence-electron chi connectivity index (χ4n) is 3.08. The summed E-state index contributed by atoms with van der Waals surface area (Å²) >= 11 is 0. The third-order valence-electron chi connectivity index (χ3n) is 4.45. The lowest BCUT2D eigenvalue weighted by molar-refractivity contribution is -0.121. The highest BCUT2D eigenvalue weighted by atomic mass is 16.5. The van der Waals surface area contributed by atoms with Gasteiger partial charge in [-0.15, -0.1) is 0 Å². The van der Waals surface area contributed by atoms with E-state index < -0.39 is 0 Å². The van der Waals surface area contributed by atoms with Crippen LogP contribution in [0.25, 0.3) is 10.9 Å². The number of para-hydroxylation sites is 1. The highest BCUT2D eigenvalue weighted by Crippen LogP contribution is 2.15. The molecule has 4 heteroatoms. The number of fused-ring (bicyclic) bond motifs is 1. The average Bonchev–Trinajstić information content (AvgIpc) is 3.08. The lowest BCUT2D eigenvalue weighted by atomic mass is 10.1. The molecule has 136 valence electrons. The van der Waals surface area contributed by atoms with Crippen LogP contribution in [0, 0.1) is 0 Å². The molecule has 3 aromatic rings. The van der Waals surface area contributed by atoms with Crippen molar-refractivity contribution in [3.63, 3.8) is 0 Å². The predicted octanol–water partition coefficient (Wildman–Crippen LogP) is 4.18. The Hall–Kier alpha value is -2.75. The Morgan fingerprint density at radius 3 is 2.69 bits per heavy atom. The van der Waals surface area contributed by atoms with Crippen LogP contribution in [0.4, 0.5) is 0 Å². The van der Waals surface area contributed by atoms with Crippen LogP contribution < -0.4 is 10.1 Å². The van der Waals surface area contributed by atoms with Gasteiger partial charge in [0, 0.05) is 31.2 Å². The quantitative estimate of drug-likeness (QED) is 0.588. The maximum atomic E-state index is 12.0. The summed E-state index contributed by atoms with van der Waals surface area (Å²) in [7, 11) is 0. The summed E-state index contributed by atoms with van der Waals surface area (Å²) in [5.74, 6) is 0.981. The van der Waals surface area contributed by atoms with Crippen molar-refractivity contribution in [3.05, 3.63) is 66.4 Å². The van der Waals surface area contributed by atoms with E-state index in [1.807, 2.05) is 31.2 Å². The number of hydrogen-bond acceptors (Lipinski definition) is 2. The van der Waals surface area contributed by atoms with Gasteiger partial charge < -0.3 is 14.6 Å². The van der Waals surface area contributed by atoms with Gasteiger partial charge in [-0.05, 0) is 55.0 Å². The fourth-order valence-corrected chi connectivity index (χ4v) is 3.08. The zero-order valence-corrected chi connectivity index (χ0v) is 15.3. The van der Waals surface area contributed by atoms with E-state index in [2.05, 4.69) is 46.4 Å². The van der Waals surface area contributed by atoms with E-state index in [0.29, 0.717) is 19.6 Å². The first kappa shape index (κ1) is 18.1. The summed E-state index contributed by atoms with van der Waals surface area (Å²) in [6, 6.07) is 18.4. The van der Waals surface area contributed by atoms with Crippen LogP contribution in [0.2, 0.25) is 0 Å². The largest absolute Gasteiger partial charge is 0.494 e. The summed E-state index contributed by atoms with van der Waals surface area (Å²) < 4.78 is 7.67. The van der Waals surface area contributed by atoms with Gasteiger partial charge >= 0.3 is 0 Å². The average molecular weight is 350 g/mol. The van der Waals surface area contributed by atoms with Crippen molar-refractivity contribution in [3.8, 4) is 5.75 Å². The molecule has 0 aliphatic rings. The van der Waals surface area contributed by atoms with Crippen molar-refractivity contribution in [1.29, 1.82) is 0 Å². The van der Waals surface area contributed by atoms with Gasteiger partial charge in [0.15, 0.2) is 0 Å². The molecule has 0 spiro atoms. The second kappa shape index (κ2) is 9.09. The highest BCUT2D eigenvalue weighted by Gasteiger charge is 2.03. The summed E-state index contributed by atoms with van der Waals surface area (Å²) in [5, 5.41) is 4.27. The minimum absolute atomic E-state index is 0.108. The molecule has 2 aromatic carbocycles. The van der Waals surface area contributed by atoms with Crippen molar-refractivity contribution in [2.75, 3.05) is 13.2 Å². The van der Waals surface area contributed by atoms with Crippen molar-refractivity contribution in [2.45, 2.75) is 32.7 Å². The number of aryl methyl sites for hydroxylation is 2. The van der Waals surface area contributed by atoms with E-state index in [-0.39, 0.29) is 5.91 Å². The monoisotopic (exact) mass is 350 g/mol. The zero-order chi connectivity index (χ0) is 18.2. The fraction of sp³-hybridized carbons (Fsp3) is 0.318. The summed E-state index contributed by atoms with van der Waals surface area (Å²) in [6.45, 7) is 4.25. The lowest BCUT2D eigenvalue weighted by Crippen LogP contribution is -2.25. The SMILES string of the molecule is CCOc1ccc(CCC(=O)NCCCn2ccc3ccccc32)cc1. The summed E-state index contributed by atoms with van der Waals surface area (Å²) in [4.78, 5) is 12.0. The molecule has 0 bridgehead atoms. The second-order valence-corrected chi connectivity index (χ2v) is 6.35. The number of rotatable bonds is 9. The van der Waals surface area contributed by atoms with Gasteiger partial charge in [-0.1, -0.05) is 30.3 Å². The molecule has 0 radical (unpaired) electrons. The molecule has 1 aromatic heterocycles. The van der Waals surface area contributed by atoms with Gasteiger partial charge in [-0.25, -0.2) is 0 Å². The maximum Gasteiger partial charge on any atom is 0.220 e. The Bertz CT molecular complexity index is 837. The molecule has 1 amide bonds. The van der Waals surface area contributed by atoms with Crippen LogP contribution >= 0.6 is 0 Å². The molecule has 0 saturated heterocycles. The van der Waals surface area contributed by atoms with Gasteiger partial charge in [0.05, 0.1) is 6.61 Å². The van der Waals surface area contributed by atoms with Gasteiger partial charge in [-0.2, -0.15) is 0 Å². The second-order valence-electron chi connectivity index (χ2n) is 6.35. The van der Waals surface area contributed by atoms with Crippen LogP contribution in [0.3, 0.4) is 0 Å².